The van der Waals surface area contributed by atoms with Crippen LogP contribution in [0.3, 0.4) is 0 Å². The Morgan fingerprint density at radius 1 is 1.35 bits per heavy atom. The first-order valence-corrected chi connectivity index (χ1v) is 6.68. The highest BCUT2D eigenvalue weighted by atomic mass is 32.2. The van der Waals surface area contributed by atoms with Crippen molar-refractivity contribution in [3.8, 4) is 0 Å². The van der Waals surface area contributed by atoms with Crippen molar-refractivity contribution in [3.05, 3.63) is 42.0 Å². The number of carbonyl (C=O) groups is 1. The van der Waals surface area contributed by atoms with Crippen molar-refractivity contribution in [3.63, 3.8) is 0 Å². The number of thioether (sulfide) groups is 1. The minimum atomic E-state index is -0.177. The Hall–Kier alpha value is -1.22. The van der Waals surface area contributed by atoms with Crippen LogP contribution in [0.5, 0.6) is 0 Å². The second-order valence-corrected chi connectivity index (χ2v) is 5.36. The lowest BCUT2D eigenvalue weighted by Gasteiger charge is -2.19. The highest BCUT2D eigenvalue weighted by molar-refractivity contribution is 8.00. The number of rotatable bonds is 3. The molecule has 90 valence electrons. The van der Waals surface area contributed by atoms with E-state index in [0.29, 0.717) is 5.25 Å². The van der Waals surface area contributed by atoms with E-state index < -0.39 is 0 Å². The van der Waals surface area contributed by atoms with E-state index in [1.807, 2.05) is 30.0 Å². The molecule has 0 fully saturated rings. The minimum absolute atomic E-state index is 0.177. The molecule has 2 rings (SSSR count). The number of hydrogen-bond acceptors (Lipinski definition) is 3. The summed E-state index contributed by atoms with van der Waals surface area (Å²) in [5.74, 6) is -0.177. The fraction of sp³-hybridized carbons (Fsp3) is 0.357. The van der Waals surface area contributed by atoms with Crippen LogP contribution in [0.4, 0.5) is 0 Å². The van der Waals surface area contributed by atoms with E-state index in [1.165, 1.54) is 12.0 Å². The molecule has 0 saturated carbocycles. The average Bonchev–Trinajstić information content (AvgIpc) is 2.39. The summed E-state index contributed by atoms with van der Waals surface area (Å²) >= 11 is 1.81. The Morgan fingerprint density at radius 2 is 2.12 bits per heavy atom. The summed E-state index contributed by atoms with van der Waals surface area (Å²) in [6.07, 6.45) is 5.09. The fourth-order valence-electron chi connectivity index (χ4n) is 1.95. The summed E-state index contributed by atoms with van der Waals surface area (Å²) in [6, 6.07) is 10.3. The van der Waals surface area contributed by atoms with E-state index in [9.17, 15) is 4.79 Å². The molecule has 1 aromatic carbocycles. The SMILES string of the molecule is COC(=O)C1=CC(Sc2ccccc2)CCC1. The monoisotopic (exact) mass is 248 g/mol. The summed E-state index contributed by atoms with van der Waals surface area (Å²) in [5, 5.41) is 0.389. The van der Waals surface area contributed by atoms with Crippen LogP contribution >= 0.6 is 11.8 Å². The average molecular weight is 248 g/mol. The van der Waals surface area contributed by atoms with Crippen LogP contribution < -0.4 is 0 Å². The van der Waals surface area contributed by atoms with Gasteiger partial charge in [0, 0.05) is 15.7 Å². The predicted molar refractivity (Wildman–Crippen MR) is 70.0 cm³/mol. The predicted octanol–water partition coefficient (Wildman–Crippen LogP) is 3.43. The normalized spacial score (nSPS) is 19.6. The van der Waals surface area contributed by atoms with Gasteiger partial charge >= 0.3 is 5.97 Å². The molecular formula is C14H16O2S. The quantitative estimate of drug-likeness (QED) is 0.767. The zero-order chi connectivity index (χ0) is 12.1. The van der Waals surface area contributed by atoms with Crippen LogP contribution in [0.15, 0.2) is 46.9 Å². The number of hydrogen-bond donors (Lipinski definition) is 0. The third kappa shape index (κ3) is 3.37. The summed E-state index contributed by atoms with van der Waals surface area (Å²) < 4.78 is 4.77. The lowest BCUT2D eigenvalue weighted by Crippen LogP contribution is -2.13. The zero-order valence-electron chi connectivity index (χ0n) is 9.89. The van der Waals surface area contributed by atoms with Crippen LogP contribution in [0.1, 0.15) is 19.3 Å². The first-order chi connectivity index (χ1) is 8.29. The van der Waals surface area contributed by atoms with E-state index in [4.69, 9.17) is 4.74 Å². The highest BCUT2D eigenvalue weighted by Gasteiger charge is 2.19. The van der Waals surface area contributed by atoms with Gasteiger partial charge in [0.25, 0.3) is 0 Å². The number of carbonyl (C=O) groups excluding carboxylic acids is 1. The molecule has 0 N–H and O–H groups in total. The van der Waals surface area contributed by atoms with E-state index in [-0.39, 0.29) is 5.97 Å². The van der Waals surface area contributed by atoms with Crippen LogP contribution in [0.2, 0.25) is 0 Å². The molecule has 3 heteroatoms. The molecule has 0 bridgehead atoms. The second kappa shape index (κ2) is 5.92. The molecule has 0 saturated heterocycles. The molecular weight excluding hydrogens is 232 g/mol. The molecule has 0 spiro atoms. The van der Waals surface area contributed by atoms with Crippen LogP contribution in [0, 0.1) is 0 Å². The lowest BCUT2D eigenvalue weighted by atomic mass is 9.99. The van der Waals surface area contributed by atoms with Gasteiger partial charge in [0.05, 0.1) is 7.11 Å². The van der Waals surface area contributed by atoms with E-state index in [0.717, 1.165) is 24.8 Å². The molecule has 1 unspecified atom stereocenters. The van der Waals surface area contributed by atoms with Crippen LogP contribution in [-0.4, -0.2) is 18.3 Å². The summed E-state index contributed by atoms with van der Waals surface area (Å²) in [6.45, 7) is 0. The third-order valence-corrected chi connectivity index (χ3v) is 4.02. The van der Waals surface area contributed by atoms with Gasteiger partial charge in [-0.1, -0.05) is 24.3 Å². The Labute approximate surface area is 106 Å². The first-order valence-electron chi connectivity index (χ1n) is 5.80. The Bertz CT molecular complexity index is 411. The lowest BCUT2D eigenvalue weighted by molar-refractivity contribution is -0.136. The van der Waals surface area contributed by atoms with Gasteiger partial charge in [-0.25, -0.2) is 4.79 Å². The number of methoxy groups -OCH3 is 1. The summed E-state index contributed by atoms with van der Waals surface area (Å²) in [4.78, 5) is 12.7. The maximum absolute atomic E-state index is 11.5. The van der Waals surface area contributed by atoms with Gasteiger partial charge < -0.3 is 4.74 Å². The number of benzene rings is 1. The molecule has 1 aromatic rings. The third-order valence-electron chi connectivity index (χ3n) is 2.80. The van der Waals surface area contributed by atoms with Gasteiger partial charge in [0.2, 0.25) is 0 Å². The first kappa shape index (κ1) is 12.2. The smallest absolute Gasteiger partial charge is 0.333 e. The Kier molecular flexibility index (Phi) is 4.26. The molecule has 0 amide bonds. The van der Waals surface area contributed by atoms with Crippen molar-refractivity contribution in [2.24, 2.45) is 0 Å². The Balaban J connectivity index is 2.04. The number of ether oxygens (including phenoxy) is 1. The van der Waals surface area contributed by atoms with Gasteiger partial charge in [-0.2, -0.15) is 0 Å². The topological polar surface area (TPSA) is 26.3 Å². The van der Waals surface area contributed by atoms with Gasteiger partial charge in [0.15, 0.2) is 0 Å². The van der Waals surface area contributed by atoms with Crippen molar-refractivity contribution in [2.75, 3.05) is 7.11 Å². The maximum Gasteiger partial charge on any atom is 0.333 e. The van der Waals surface area contributed by atoms with Gasteiger partial charge in [-0.05, 0) is 31.4 Å². The van der Waals surface area contributed by atoms with Gasteiger partial charge in [0.1, 0.15) is 0 Å². The van der Waals surface area contributed by atoms with Crippen LogP contribution in [-0.2, 0) is 9.53 Å². The summed E-state index contributed by atoms with van der Waals surface area (Å²) in [7, 11) is 1.44. The molecule has 1 aliphatic carbocycles. The molecule has 1 atom stereocenters. The van der Waals surface area contributed by atoms with Crippen molar-refractivity contribution < 1.29 is 9.53 Å². The van der Waals surface area contributed by atoms with Crippen molar-refractivity contribution in [1.82, 2.24) is 0 Å². The molecule has 0 aliphatic heterocycles. The fourth-order valence-corrected chi connectivity index (χ4v) is 3.13. The molecule has 0 heterocycles. The van der Waals surface area contributed by atoms with Crippen molar-refractivity contribution in [1.29, 1.82) is 0 Å². The number of esters is 1. The summed E-state index contributed by atoms with van der Waals surface area (Å²) in [5.41, 5.74) is 0.826. The van der Waals surface area contributed by atoms with E-state index >= 15 is 0 Å². The van der Waals surface area contributed by atoms with E-state index in [1.54, 1.807) is 0 Å². The molecule has 0 aromatic heterocycles. The maximum atomic E-state index is 11.5. The van der Waals surface area contributed by atoms with Crippen molar-refractivity contribution >= 4 is 17.7 Å². The standard InChI is InChI=1S/C14H16O2S/c1-16-14(15)11-6-5-9-13(10-11)17-12-7-3-2-4-8-12/h2-4,7-8,10,13H,5-6,9H2,1H3. The van der Waals surface area contributed by atoms with Crippen molar-refractivity contribution in [2.45, 2.75) is 29.4 Å². The van der Waals surface area contributed by atoms with E-state index in [2.05, 4.69) is 18.2 Å². The van der Waals surface area contributed by atoms with Gasteiger partial charge in [-0.3, -0.25) is 0 Å². The largest absolute Gasteiger partial charge is 0.466 e. The second-order valence-electron chi connectivity index (χ2n) is 4.05. The molecule has 1 aliphatic rings. The van der Waals surface area contributed by atoms with Gasteiger partial charge in [-0.15, -0.1) is 11.8 Å². The molecule has 2 nitrogen and oxygen atoms in total. The minimum Gasteiger partial charge on any atom is -0.466 e. The molecule has 17 heavy (non-hydrogen) atoms. The highest BCUT2D eigenvalue weighted by Crippen LogP contribution is 2.32. The molecule has 0 radical (unpaired) electrons. The Morgan fingerprint density at radius 3 is 2.82 bits per heavy atom. The zero-order valence-corrected chi connectivity index (χ0v) is 10.7. The van der Waals surface area contributed by atoms with Crippen LogP contribution in [0.25, 0.3) is 0 Å².